The summed E-state index contributed by atoms with van der Waals surface area (Å²) in [6.45, 7) is 12.2. The van der Waals surface area contributed by atoms with Crippen LogP contribution < -0.4 is 5.32 Å². The zero-order valence-electron chi connectivity index (χ0n) is 12.6. The van der Waals surface area contributed by atoms with Crippen molar-refractivity contribution in [3.8, 4) is 0 Å². The molecule has 2 heteroatoms. The molecule has 2 nitrogen and oxygen atoms in total. The molecule has 1 aromatic carbocycles. The minimum Gasteiger partial charge on any atom is -0.312 e. The number of hydrogen-bond donors (Lipinski definition) is 1. The summed E-state index contributed by atoms with van der Waals surface area (Å²) in [7, 11) is 2.06. The summed E-state index contributed by atoms with van der Waals surface area (Å²) in [4.78, 5) is 2.52. The third-order valence-corrected chi connectivity index (χ3v) is 3.59. The van der Waals surface area contributed by atoms with E-state index in [1.54, 1.807) is 0 Å². The average Bonchev–Trinajstić information content (AvgIpc) is 2.37. The van der Waals surface area contributed by atoms with Crippen LogP contribution in [-0.4, -0.2) is 31.6 Å². The van der Waals surface area contributed by atoms with Gasteiger partial charge in [0.05, 0.1) is 0 Å². The average molecular weight is 248 g/mol. The fourth-order valence-corrected chi connectivity index (χ4v) is 2.43. The molecule has 0 saturated carbocycles. The topological polar surface area (TPSA) is 15.3 Å². The van der Waals surface area contributed by atoms with E-state index in [9.17, 15) is 0 Å². The SMILES string of the molecule is CCCN(CC)CC(NC)c1cc(C)ccc1C. The Morgan fingerprint density at radius 3 is 2.50 bits per heavy atom. The monoisotopic (exact) mass is 248 g/mol. The summed E-state index contributed by atoms with van der Waals surface area (Å²) in [5, 5.41) is 3.47. The van der Waals surface area contributed by atoms with E-state index in [1.165, 1.54) is 29.7 Å². The van der Waals surface area contributed by atoms with Crippen LogP contribution in [-0.2, 0) is 0 Å². The van der Waals surface area contributed by atoms with Crippen LogP contribution >= 0.6 is 0 Å². The maximum atomic E-state index is 3.47. The third kappa shape index (κ3) is 4.11. The molecule has 18 heavy (non-hydrogen) atoms. The summed E-state index contributed by atoms with van der Waals surface area (Å²) in [5.41, 5.74) is 4.16. The molecular weight excluding hydrogens is 220 g/mol. The second-order valence-electron chi connectivity index (χ2n) is 5.09. The maximum Gasteiger partial charge on any atom is 0.0449 e. The zero-order chi connectivity index (χ0) is 13.5. The molecule has 0 aliphatic heterocycles. The first kappa shape index (κ1) is 15.2. The van der Waals surface area contributed by atoms with Gasteiger partial charge in [-0.15, -0.1) is 0 Å². The molecule has 0 spiro atoms. The summed E-state index contributed by atoms with van der Waals surface area (Å²) >= 11 is 0. The molecule has 0 bridgehead atoms. The van der Waals surface area contributed by atoms with Gasteiger partial charge in [0.15, 0.2) is 0 Å². The van der Waals surface area contributed by atoms with Gasteiger partial charge in [0.25, 0.3) is 0 Å². The van der Waals surface area contributed by atoms with E-state index in [4.69, 9.17) is 0 Å². The summed E-state index contributed by atoms with van der Waals surface area (Å²) in [6, 6.07) is 7.16. The third-order valence-electron chi connectivity index (χ3n) is 3.59. The highest BCUT2D eigenvalue weighted by atomic mass is 15.1. The molecular formula is C16H28N2. The van der Waals surface area contributed by atoms with Crippen molar-refractivity contribution in [2.24, 2.45) is 0 Å². The Bertz CT molecular complexity index is 360. The standard InChI is InChI=1S/C16H28N2/c1-6-10-18(7-2)12-16(17-5)15-11-13(3)8-9-14(15)4/h8-9,11,16-17H,6-7,10,12H2,1-5H3. The van der Waals surface area contributed by atoms with Gasteiger partial charge in [-0.2, -0.15) is 0 Å². The Balaban J connectivity index is 2.84. The predicted molar refractivity (Wildman–Crippen MR) is 80.1 cm³/mol. The van der Waals surface area contributed by atoms with Crippen molar-refractivity contribution >= 4 is 0 Å². The summed E-state index contributed by atoms with van der Waals surface area (Å²) in [6.07, 6.45) is 1.22. The highest BCUT2D eigenvalue weighted by Gasteiger charge is 2.15. The van der Waals surface area contributed by atoms with E-state index in [-0.39, 0.29) is 0 Å². The smallest absolute Gasteiger partial charge is 0.0449 e. The van der Waals surface area contributed by atoms with E-state index in [1.807, 2.05) is 0 Å². The van der Waals surface area contributed by atoms with Crippen molar-refractivity contribution in [1.82, 2.24) is 10.2 Å². The highest BCUT2D eigenvalue weighted by molar-refractivity contribution is 5.33. The van der Waals surface area contributed by atoms with Crippen molar-refractivity contribution in [1.29, 1.82) is 0 Å². The number of aryl methyl sites for hydroxylation is 2. The Kier molecular flexibility index (Phi) is 6.37. The molecule has 1 atom stereocenters. The minimum absolute atomic E-state index is 0.427. The van der Waals surface area contributed by atoms with Gasteiger partial charge in [-0.05, 0) is 51.5 Å². The van der Waals surface area contributed by atoms with Crippen LogP contribution in [0.5, 0.6) is 0 Å². The molecule has 0 saturated heterocycles. The lowest BCUT2D eigenvalue weighted by molar-refractivity contribution is 0.258. The molecule has 102 valence electrons. The number of rotatable bonds is 7. The van der Waals surface area contributed by atoms with Crippen molar-refractivity contribution < 1.29 is 0 Å². The summed E-state index contributed by atoms with van der Waals surface area (Å²) < 4.78 is 0. The normalized spacial score (nSPS) is 13.0. The number of nitrogens with one attached hydrogen (secondary N) is 1. The second-order valence-corrected chi connectivity index (χ2v) is 5.09. The first-order valence-electron chi connectivity index (χ1n) is 7.09. The van der Waals surface area contributed by atoms with Crippen molar-refractivity contribution in [3.05, 3.63) is 34.9 Å². The molecule has 1 aromatic rings. The largest absolute Gasteiger partial charge is 0.312 e. The van der Waals surface area contributed by atoms with Crippen LogP contribution in [0.4, 0.5) is 0 Å². The van der Waals surface area contributed by atoms with Crippen LogP contribution in [0.15, 0.2) is 18.2 Å². The molecule has 0 heterocycles. The molecule has 1 N–H and O–H groups in total. The molecule has 1 unspecified atom stereocenters. The van der Waals surface area contributed by atoms with Gasteiger partial charge < -0.3 is 10.2 Å². The molecule has 1 rings (SSSR count). The quantitative estimate of drug-likeness (QED) is 0.796. The molecule has 0 fully saturated rings. The van der Waals surface area contributed by atoms with Crippen molar-refractivity contribution in [3.63, 3.8) is 0 Å². The van der Waals surface area contributed by atoms with Crippen LogP contribution in [0.3, 0.4) is 0 Å². The molecule has 0 radical (unpaired) electrons. The van der Waals surface area contributed by atoms with Gasteiger partial charge in [-0.25, -0.2) is 0 Å². The summed E-state index contributed by atoms with van der Waals surface area (Å²) in [5.74, 6) is 0. The second kappa shape index (κ2) is 7.55. The van der Waals surface area contributed by atoms with Gasteiger partial charge in [0.1, 0.15) is 0 Å². The van der Waals surface area contributed by atoms with Crippen LogP contribution in [0.25, 0.3) is 0 Å². The number of likely N-dealkylation sites (N-methyl/N-ethyl adjacent to an activating group) is 2. The Hall–Kier alpha value is -0.860. The maximum absolute atomic E-state index is 3.47. The lowest BCUT2D eigenvalue weighted by Crippen LogP contribution is -2.34. The van der Waals surface area contributed by atoms with Gasteiger partial charge >= 0.3 is 0 Å². The van der Waals surface area contributed by atoms with Gasteiger partial charge in [-0.1, -0.05) is 37.6 Å². The van der Waals surface area contributed by atoms with Crippen LogP contribution in [0, 0.1) is 13.8 Å². The van der Waals surface area contributed by atoms with Gasteiger partial charge in [0.2, 0.25) is 0 Å². The minimum atomic E-state index is 0.427. The van der Waals surface area contributed by atoms with E-state index < -0.39 is 0 Å². The zero-order valence-corrected chi connectivity index (χ0v) is 12.6. The number of hydrogen-bond acceptors (Lipinski definition) is 2. The van der Waals surface area contributed by atoms with Crippen molar-refractivity contribution in [2.45, 2.75) is 40.2 Å². The van der Waals surface area contributed by atoms with Gasteiger partial charge in [-0.3, -0.25) is 0 Å². The molecule has 0 amide bonds. The molecule has 0 aliphatic carbocycles. The fourth-order valence-electron chi connectivity index (χ4n) is 2.43. The Morgan fingerprint density at radius 1 is 1.22 bits per heavy atom. The van der Waals surface area contributed by atoms with E-state index in [0.29, 0.717) is 6.04 Å². The highest BCUT2D eigenvalue weighted by Crippen LogP contribution is 2.20. The van der Waals surface area contributed by atoms with Crippen LogP contribution in [0.2, 0.25) is 0 Å². The molecule has 0 aliphatic rings. The lowest BCUT2D eigenvalue weighted by atomic mass is 9.98. The van der Waals surface area contributed by atoms with E-state index in [2.05, 4.69) is 63.2 Å². The van der Waals surface area contributed by atoms with Crippen molar-refractivity contribution in [2.75, 3.05) is 26.7 Å². The number of benzene rings is 1. The number of nitrogens with zero attached hydrogens (tertiary/aromatic N) is 1. The first-order valence-corrected chi connectivity index (χ1v) is 7.09. The van der Waals surface area contributed by atoms with Gasteiger partial charge in [0, 0.05) is 12.6 Å². The van der Waals surface area contributed by atoms with E-state index >= 15 is 0 Å². The Morgan fingerprint density at radius 2 is 1.94 bits per heavy atom. The Labute approximate surface area is 112 Å². The van der Waals surface area contributed by atoms with E-state index in [0.717, 1.165) is 13.1 Å². The van der Waals surface area contributed by atoms with Crippen LogP contribution in [0.1, 0.15) is 43.0 Å². The fraction of sp³-hybridized carbons (Fsp3) is 0.625. The lowest BCUT2D eigenvalue weighted by Gasteiger charge is -2.27. The molecule has 0 aromatic heterocycles. The predicted octanol–water partition coefficient (Wildman–Crippen LogP) is 3.30. The first-order chi connectivity index (χ1) is 8.62.